The van der Waals surface area contributed by atoms with Crippen LogP contribution in [-0.4, -0.2) is 31.8 Å². The SMILES string of the molecule is COc1ccc(CCNC(=O)C[C@@H](c2ccccc2)c2cccc(C)c2O)cc1OC. The number of phenols is 1. The lowest BCUT2D eigenvalue weighted by atomic mass is 9.87. The van der Waals surface area contributed by atoms with Crippen LogP contribution >= 0.6 is 0 Å². The van der Waals surface area contributed by atoms with Crippen molar-refractivity contribution in [1.29, 1.82) is 0 Å². The zero-order valence-electron chi connectivity index (χ0n) is 18.2. The maximum Gasteiger partial charge on any atom is 0.220 e. The minimum Gasteiger partial charge on any atom is -0.507 e. The van der Waals surface area contributed by atoms with E-state index in [-0.39, 0.29) is 24.0 Å². The van der Waals surface area contributed by atoms with E-state index in [0.29, 0.717) is 24.5 Å². The van der Waals surface area contributed by atoms with Crippen molar-refractivity contribution < 1.29 is 19.4 Å². The third-order valence-corrected chi connectivity index (χ3v) is 5.42. The lowest BCUT2D eigenvalue weighted by Crippen LogP contribution is -2.27. The topological polar surface area (TPSA) is 67.8 Å². The van der Waals surface area contributed by atoms with E-state index in [0.717, 1.165) is 22.3 Å². The van der Waals surface area contributed by atoms with Crippen LogP contribution in [0.4, 0.5) is 0 Å². The van der Waals surface area contributed by atoms with Gasteiger partial charge in [0.05, 0.1) is 14.2 Å². The summed E-state index contributed by atoms with van der Waals surface area (Å²) < 4.78 is 10.6. The van der Waals surface area contributed by atoms with Crippen LogP contribution in [0.25, 0.3) is 0 Å². The highest BCUT2D eigenvalue weighted by atomic mass is 16.5. The number of rotatable bonds is 9. The van der Waals surface area contributed by atoms with E-state index in [9.17, 15) is 9.90 Å². The summed E-state index contributed by atoms with van der Waals surface area (Å²) in [6.45, 7) is 2.37. The number of methoxy groups -OCH3 is 2. The van der Waals surface area contributed by atoms with E-state index in [1.807, 2.05) is 73.7 Å². The predicted molar refractivity (Wildman–Crippen MR) is 122 cm³/mol. The minimum absolute atomic E-state index is 0.0600. The molecule has 0 unspecified atom stereocenters. The molecular weight excluding hydrogens is 390 g/mol. The second-order valence-electron chi connectivity index (χ2n) is 7.47. The monoisotopic (exact) mass is 419 g/mol. The fraction of sp³-hybridized carbons (Fsp3) is 0.269. The van der Waals surface area contributed by atoms with Crippen LogP contribution in [0.5, 0.6) is 17.2 Å². The number of hydrogen-bond donors (Lipinski definition) is 2. The normalized spacial score (nSPS) is 11.6. The van der Waals surface area contributed by atoms with Gasteiger partial charge in [0.1, 0.15) is 5.75 Å². The summed E-state index contributed by atoms with van der Waals surface area (Å²) >= 11 is 0. The van der Waals surface area contributed by atoms with Crippen LogP contribution < -0.4 is 14.8 Å². The largest absolute Gasteiger partial charge is 0.507 e. The molecule has 3 rings (SSSR count). The lowest BCUT2D eigenvalue weighted by molar-refractivity contribution is -0.121. The molecule has 0 aromatic heterocycles. The number of benzene rings is 3. The Hall–Kier alpha value is -3.47. The van der Waals surface area contributed by atoms with E-state index in [2.05, 4.69) is 5.32 Å². The number of phenolic OH excluding ortho intramolecular Hbond substituents is 1. The Morgan fingerprint density at radius 3 is 2.42 bits per heavy atom. The molecule has 0 saturated carbocycles. The van der Waals surface area contributed by atoms with Gasteiger partial charge in [-0.15, -0.1) is 0 Å². The number of ether oxygens (including phenoxy) is 2. The Labute approximate surface area is 183 Å². The van der Waals surface area contributed by atoms with Gasteiger partial charge < -0.3 is 19.9 Å². The van der Waals surface area contributed by atoms with Crippen LogP contribution in [0.2, 0.25) is 0 Å². The summed E-state index contributed by atoms with van der Waals surface area (Å²) in [7, 11) is 3.21. The van der Waals surface area contributed by atoms with Crippen LogP contribution in [0.1, 0.15) is 34.6 Å². The van der Waals surface area contributed by atoms with E-state index < -0.39 is 0 Å². The molecule has 0 aliphatic carbocycles. The third-order valence-electron chi connectivity index (χ3n) is 5.42. The van der Waals surface area contributed by atoms with Crippen molar-refractivity contribution in [2.75, 3.05) is 20.8 Å². The number of carbonyl (C=O) groups is 1. The molecule has 31 heavy (non-hydrogen) atoms. The van der Waals surface area contributed by atoms with Crippen LogP contribution in [0.15, 0.2) is 66.7 Å². The quantitative estimate of drug-likeness (QED) is 0.532. The Bertz CT molecular complexity index is 1020. The number of carbonyl (C=O) groups excluding carboxylic acids is 1. The van der Waals surface area contributed by atoms with Crippen molar-refractivity contribution in [3.05, 3.63) is 89.0 Å². The van der Waals surface area contributed by atoms with Gasteiger partial charge in [-0.3, -0.25) is 4.79 Å². The molecule has 0 radical (unpaired) electrons. The van der Waals surface area contributed by atoms with Gasteiger partial charge in [0.2, 0.25) is 5.91 Å². The molecule has 0 heterocycles. The fourth-order valence-corrected chi connectivity index (χ4v) is 3.70. The molecule has 0 aliphatic rings. The Balaban J connectivity index is 1.68. The molecule has 2 N–H and O–H groups in total. The Kier molecular flexibility index (Phi) is 7.55. The highest BCUT2D eigenvalue weighted by molar-refractivity contribution is 5.77. The first-order chi connectivity index (χ1) is 15.0. The minimum atomic E-state index is -0.220. The molecule has 3 aromatic carbocycles. The molecule has 0 aliphatic heterocycles. The van der Waals surface area contributed by atoms with Crippen LogP contribution in [0.3, 0.4) is 0 Å². The predicted octanol–water partition coefficient (Wildman–Crippen LogP) is 4.60. The average molecular weight is 420 g/mol. The van der Waals surface area contributed by atoms with Gasteiger partial charge >= 0.3 is 0 Å². The Morgan fingerprint density at radius 1 is 0.968 bits per heavy atom. The van der Waals surface area contributed by atoms with E-state index >= 15 is 0 Å². The summed E-state index contributed by atoms with van der Waals surface area (Å²) in [6.07, 6.45) is 0.935. The van der Waals surface area contributed by atoms with Crippen molar-refractivity contribution in [2.45, 2.75) is 25.7 Å². The average Bonchev–Trinajstić information content (AvgIpc) is 2.80. The number of amides is 1. The van der Waals surface area contributed by atoms with Gasteiger partial charge in [0.25, 0.3) is 0 Å². The molecule has 1 atom stereocenters. The molecule has 3 aromatic rings. The van der Waals surface area contributed by atoms with Crippen molar-refractivity contribution in [3.63, 3.8) is 0 Å². The number of nitrogens with one attached hydrogen (secondary N) is 1. The Morgan fingerprint density at radius 2 is 1.71 bits per heavy atom. The van der Waals surface area contributed by atoms with E-state index in [1.165, 1.54) is 0 Å². The summed E-state index contributed by atoms with van der Waals surface area (Å²) in [5.74, 6) is 1.32. The highest BCUT2D eigenvalue weighted by Crippen LogP contribution is 2.35. The summed E-state index contributed by atoms with van der Waals surface area (Å²) in [4.78, 5) is 12.8. The lowest BCUT2D eigenvalue weighted by Gasteiger charge is -2.20. The summed E-state index contributed by atoms with van der Waals surface area (Å²) in [5, 5.41) is 13.6. The van der Waals surface area contributed by atoms with Gasteiger partial charge in [-0.05, 0) is 42.2 Å². The van der Waals surface area contributed by atoms with Crippen molar-refractivity contribution >= 4 is 5.91 Å². The van der Waals surface area contributed by atoms with E-state index in [4.69, 9.17) is 9.47 Å². The van der Waals surface area contributed by atoms with Gasteiger partial charge in [-0.1, -0.05) is 54.6 Å². The van der Waals surface area contributed by atoms with E-state index in [1.54, 1.807) is 14.2 Å². The van der Waals surface area contributed by atoms with Crippen molar-refractivity contribution in [1.82, 2.24) is 5.32 Å². The number of aromatic hydroxyl groups is 1. The molecule has 0 saturated heterocycles. The zero-order chi connectivity index (χ0) is 22.2. The standard InChI is InChI=1S/C26H29NO4/c1-18-8-7-11-21(26(18)29)22(20-9-5-4-6-10-20)17-25(28)27-15-14-19-12-13-23(30-2)24(16-19)31-3/h4-13,16,22,29H,14-15,17H2,1-3H3,(H,27,28)/t22-/m0/s1. The number of hydrogen-bond acceptors (Lipinski definition) is 4. The number of para-hydroxylation sites is 1. The van der Waals surface area contributed by atoms with Crippen LogP contribution in [-0.2, 0) is 11.2 Å². The van der Waals surface area contributed by atoms with Gasteiger partial charge in [0.15, 0.2) is 11.5 Å². The zero-order valence-corrected chi connectivity index (χ0v) is 18.2. The first-order valence-electron chi connectivity index (χ1n) is 10.3. The maximum absolute atomic E-state index is 12.8. The van der Waals surface area contributed by atoms with Crippen molar-refractivity contribution in [3.8, 4) is 17.2 Å². The first-order valence-corrected chi connectivity index (χ1v) is 10.3. The highest BCUT2D eigenvalue weighted by Gasteiger charge is 2.21. The van der Waals surface area contributed by atoms with Gasteiger partial charge in [-0.2, -0.15) is 0 Å². The molecule has 0 bridgehead atoms. The molecule has 5 nitrogen and oxygen atoms in total. The van der Waals surface area contributed by atoms with Crippen molar-refractivity contribution in [2.24, 2.45) is 0 Å². The van der Waals surface area contributed by atoms with Gasteiger partial charge in [-0.25, -0.2) is 0 Å². The molecule has 1 amide bonds. The number of aryl methyl sites for hydroxylation is 1. The second-order valence-corrected chi connectivity index (χ2v) is 7.47. The molecular formula is C26H29NO4. The second kappa shape index (κ2) is 10.5. The molecule has 0 spiro atoms. The smallest absolute Gasteiger partial charge is 0.220 e. The molecule has 162 valence electrons. The summed E-state index contributed by atoms with van der Waals surface area (Å²) in [6, 6.07) is 21.2. The third kappa shape index (κ3) is 5.57. The summed E-state index contributed by atoms with van der Waals surface area (Å²) in [5.41, 5.74) is 3.61. The van der Waals surface area contributed by atoms with Gasteiger partial charge in [0, 0.05) is 24.4 Å². The molecule has 0 fully saturated rings. The van der Waals surface area contributed by atoms with Crippen LogP contribution in [0, 0.1) is 6.92 Å². The first kappa shape index (κ1) is 22.2. The molecule has 5 heteroatoms. The maximum atomic E-state index is 12.8. The fourth-order valence-electron chi connectivity index (χ4n) is 3.70.